The molecule has 0 aromatic carbocycles. The van der Waals surface area contributed by atoms with E-state index < -0.39 is 45.1 Å². The molecule has 0 aromatic heterocycles. The van der Waals surface area contributed by atoms with Crippen molar-refractivity contribution in [3.05, 3.63) is 0 Å². The van der Waals surface area contributed by atoms with Crippen LogP contribution in [0, 0.1) is 0 Å². The Kier molecular flexibility index (Phi) is 6.31. The van der Waals surface area contributed by atoms with Crippen LogP contribution in [0.25, 0.3) is 0 Å². The van der Waals surface area contributed by atoms with Gasteiger partial charge in [-0.2, -0.15) is 0 Å². The van der Waals surface area contributed by atoms with Gasteiger partial charge in [-0.25, -0.2) is 0 Å². The minimum atomic E-state index is -5.08. The van der Waals surface area contributed by atoms with Crippen LogP contribution in [-0.2, 0) is 33.3 Å². The van der Waals surface area contributed by atoms with E-state index in [0.29, 0.717) is 0 Å². The van der Waals surface area contributed by atoms with E-state index in [2.05, 4.69) is 9.26 Å². The van der Waals surface area contributed by atoms with Crippen LogP contribution in [-0.4, -0.2) is 62.6 Å². The van der Waals surface area contributed by atoms with Gasteiger partial charge in [0.1, 0.15) is 24.9 Å². The Morgan fingerprint density at radius 3 is 2.35 bits per heavy atom. The molecule has 0 aromatic rings. The molecule has 0 amide bonds. The van der Waals surface area contributed by atoms with E-state index in [1.807, 2.05) is 0 Å². The topological polar surface area (TPSA) is 160 Å². The maximum absolute atomic E-state index is 10.3. The van der Waals surface area contributed by atoms with Crippen molar-refractivity contribution in [2.24, 2.45) is 0 Å². The fraction of sp³-hybridized carbons (Fsp3) is 1.00. The number of phosphoric ester groups is 1. The zero-order valence-electron chi connectivity index (χ0n) is 8.67. The fourth-order valence-corrected chi connectivity index (χ4v) is 1.66. The summed E-state index contributed by atoms with van der Waals surface area (Å²) in [5.41, 5.74) is 0. The smallest absolute Gasteiger partial charge is 0.265 e. The monoisotopic (exact) mass is 323 g/mol. The Labute approximate surface area is 109 Å². The van der Waals surface area contributed by atoms with E-state index >= 15 is 0 Å². The second-order valence-electron chi connectivity index (χ2n) is 3.36. The average molecular weight is 325 g/mol. The van der Waals surface area contributed by atoms with Crippen molar-refractivity contribution in [2.75, 3.05) is 13.2 Å². The number of aliphatic hydroxyl groups is 4. The minimum absolute atomic E-state index is 0. The van der Waals surface area contributed by atoms with Crippen LogP contribution in [0.15, 0.2) is 0 Å². The number of ether oxygens (including phenoxy) is 1. The Bertz CT molecular complexity index is 295. The molecule has 98 valence electrons. The Hall–Kier alpha value is 0.533. The van der Waals surface area contributed by atoms with Crippen LogP contribution in [0.3, 0.4) is 0 Å². The normalized spacial score (nSPS) is 40.7. The van der Waals surface area contributed by atoms with E-state index in [-0.39, 0.29) is 19.5 Å². The maximum Gasteiger partial charge on any atom is 0.265 e. The van der Waals surface area contributed by atoms with Crippen molar-refractivity contribution < 1.29 is 63.5 Å². The van der Waals surface area contributed by atoms with E-state index in [0.717, 1.165) is 0 Å². The van der Waals surface area contributed by atoms with Crippen molar-refractivity contribution in [1.82, 2.24) is 0 Å². The summed E-state index contributed by atoms with van der Waals surface area (Å²) in [5.74, 6) is -2.50. The standard InChI is InChI=1S/C6H13O9P.Zn/c7-1-3-4(8)5(9)6(10,15-3)2-14-16(11,12)13;/h3-5,7-10H,1-2H2,(H2,11,12,13);/p-1/t3-,4-,5+,6-;/m1./s1. The van der Waals surface area contributed by atoms with Gasteiger partial charge in [0.15, 0.2) is 0 Å². The molecule has 5 N–H and O–H groups in total. The molecule has 0 spiro atoms. The number of hydrogen-bond donors (Lipinski definition) is 5. The molecule has 1 rings (SSSR count). The largest absolute Gasteiger partial charge is 0.756 e. The molecule has 0 bridgehead atoms. The number of phosphoric acid groups is 1. The number of aliphatic hydroxyl groups excluding tert-OH is 3. The SMILES string of the molecule is O=P([O-])(O)OC[C@@]1(O)O[C@H](CO)[C@@H](O)[C@@H]1O.[Zn]. The molecule has 9 nitrogen and oxygen atoms in total. The summed E-state index contributed by atoms with van der Waals surface area (Å²) in [6, 6.07) is 0. The fourth-order valence-electron chi connectivity index (χ4n) is 1.31. The first-order valence-corrected chi connectivity index (χ1v) is 5.75. The molecule has 1 saturated heterocycles. The quantitative estimate of drug-likeness (QED) is 0.258. The van der Waals surface area contributed by atoms with Gasteiger partial charge in [-0.05, 0) is 0 Å². The zero-order valence-corrected chi connectivity index (χ0v) is 12.5. The molecule has 0 saturated carbocycles. The number of hydrogen-bond acceptors (Lipinski definition) is 8. The third-order valence-corrected chi connectivity index (χ3v) is 2.59. The van der Waals surface area contributed by atoms with Crippen molar-refractivity contribution in [3.63, 3.8) is 0 Å². The Morgan fingerprint density at radius 2 is 2.00 bits per heavy atom. The van der Waals surface area contributed by atoms with Crippen LogP contribution in [0.5, 0.6) is 0 Å². The average Bonchev–Trinajstić information content (AvgIpc) is 2.40. The first-order valence-electron chi connectivity index (χ1n) is 4.25. The first kappa shape index (κ1) is 17.5. The van der Waals surface area contributed by atoms with Gasteiger partial charge in [-0.15, -0.1) is 0 Å². The van der Waals surface area contributed by atoms with Crippen LogP contribution < -0.4 is 4.89 Å². The van der Waals surface area contributed by atoms with E-state index in [4.69, 9.17) is 10.00 Å². The van der Waals surface area contributed by atoms with Crippen LogP contribution in [0.1, 0.15) is 0 Å². The van der Waals surface area contributed by atoms with Crippen LogP contribution >= 0.6 is 7.82 Å². The molecular formula is C6H12O9PZn-. The van der Waals surface area contributed by atoms with Gasteiger partial charge >= 0.3 is 0 Å². The molecule has 1 heterocycles. The van der Waals surface area contributed by atoms with E-state index in [9.17, 15) is 24.8 Å². The molecular weight excluding hydrogens is 312 g/mol. The van der Waals surface area contributed by atoms with Gasteiger partial charge < -0.3 is 39.5 Å². The number of rotatable bonds is 4. The van der Waals surface area contributed by atoms with Gasteiger partial charge in [-0.3, -0.25) is 4.57 Å². The van der Waals surface area contributed by atoms with Crippen molar-refractivity contribution in [3.8, 4) is 0 Å². The zero-order chi connectivity index (χ0) is 12.6. The minimum Gasteiger partial charge on any atom is -0.756 e. The molecule has 5 atom stereocenters. The van der Waals surface area contributed by atoms with Crippen LogP contribution in [0.4, 0.5) is 0 Å². The summed E-state index contributed by atoms with van der Waals surface area (Å²) < 4.78 is 18.8. The third-order valence-electron chi connectivity index (χ3n) is 2.14. The molecule has 17 heavy (non-hydrogen) atoms. The maximum atomic E-state index is 10.3. The molecule has 0 aliphatic carbocycles. The van der Waals surface area contributed by atoms with Gasteiger partial charge in [0.05, 0.1) is 6.61 Å². The summed E-state index contributed by atoms with van der Waals surface area (Å²) in [6.07, 6.45) is -4.73. The predicted molar refractivity (Wildman–Crippen MR) is 44.7 cm³/mol. The van der Waals surface area contributed by atoms with Crippen molar-refractivity contribution >= 4 is 7.82 Å². The van der Waals surface area contributed by atoms with E-state index in [1.165, 1.54) is 0 Å². The van der Waals surface area contributed by atoms with Gasteiger partial charge in [0.25, 0.3) is 7.82 Å². The molecule has 1 aliphatic rings. The Balaban J connectivity index is 0.00000256. The van der Waals surface area contributed by atoms with E-state index in [1.54, 1.807) is 0 Å². The second kappa shape index (κ2) is 6.12. The van der Waals surface area contributed by atoms with Gasteiger partial charge in [-0.1, -0.05) is 0 Å². The van der Waals surface area contributed by atoms with Crippen molar-refractivity contribution in [1.29, 1.82) is 0 Å². The molecule has 1 unspecified atom stereocenters. The first-order chi connectivity index (χ1) is 7.19. The second-order valence-corrected chi connectivity index (χ2v) is 4.56. The molecule has 0 radical (unpaired) electrons. The summed E-state index contributed by atoms with van der Waals surface area (Å²) in [5, 5.41) is 36.8. The summed E-state index contributed by atoms with van der Waals surface area (Å²) >= 11 is 0. The predicted octanol–water partition coefficient (Wildman–Crippen LogP) is -3.74. The Morgan fingerprint density at radius 1 is 1.47 bits per heavy atom. The van der Waals surface area contributed by atoms with Gasteiger partial charge in [0, 0.05) is 19.5 Å². The third kappa shape index (κ3) is 4.29. The molecule has 1 aliphatic heterocycles. The van der Waals surface area contributed by atoms with Crippen molar-refractivity contribution in [2.45, 2.75) is 24.1 Å². The van der Waals surface area contributed by atoms with Gasteiger partial charge in [0.2, 0.25) is 5.79 Å². The van der Waals surface area contributed by atoms with Crippen LogP contribution in [0.2, 0.25) is 0 Å². The summed E-state index contributed by atoms with van der Waals surface area (Å²) in [7, 11) is -5.08. The summed E-state index contributed by atoms with van der Waals surface area (Å²) in [4.78, 5) is 18.6. The summed E-state index contributed by atoms with van der Waals surface area (Å²) in [6.45, 7) is -1.78. The molecule has 11 heteroatoms. The molecule has 1 fully saturated rings.